The molecule has 0 aliphatic heterocycles. The first-order valence-corrected chi connectivity index (χ1v) is 7.85. The molecule has 0 aliphatic rings. The molecule has 0 radical (unpaired) electrons. The van der Waals surface area contributed by atoms with Crippen LogP contribution in [-0.4, -0.2) is 13.7 Å². The molecule has 0 amide bonds. The Morgan fingerprint density at radius 1 is 1.05 bits per heavy atom. The lowest BCUT2D eigenvalue weighted by atomic mass is 10.1. The first-order valence-electron chi connectivity index (χ1n) is 6.73. The highest BCUT2D eigenvalue weighted by Crippen LogP contribution is 2.26. The Balaban J connectivity index is 1.85. The number of methoxy groups -OCH3 is 1. The van der Waals surface area contributed by atoms with E-state index in [0.29, 0.717) is 0 Å². The van der Waals surface area contributed by atoms with Gasteiger partial charge >= 0.3 is 0 Å². The molecule has 0 bridgehead atoms. The summed E-state index contributed by atoms with van der Waals surface area (Å²) >= 11 is 3.48. The molecule has 2 aromatic carbocycles. The maximum atomic E-state index is 5.86. The fourth-order valence-electron chi connectivity index (χ4n) is 2.03. The molecule has 0 N–H and O–H groups in total. The van der Waals surface area contributed by atoms with Crippen molar-refractivity contribution in [2.24, 2.45) is 0 Å². The highest BCUT2D eigenvalue weighted by molar-refractivity contribution is 9.08. The Morgan fingerprint density at radius 3 is 2.55 bits per heavy atom. The summed E-state index contributed by atoms with van der Waals surface area (Å²) in [7, 11) is 1.67. The molecule has 0 unspecified atom stereocenters. The van der Waals surface area contributed by atoms with Crippen LogP contribution in [0.15, 0.2) is 48.5 Å². The number of hydrogen-bond acceptors (Lipinski definition) is 2. The van der Waals surface area contributed by atoms with Crippen LogP contribution >= 0.6 is 15.9 Å². The first kappa shape index (κ1) is 14.9. The lowest BCUT2D eigenvalue weighted by Gasteiger charge is -2.11. The average molecular weight is 335 g/mol. The smallest absolute Gasteiger partial charge is 0.123 e. The Bertz CT molecular complexity index is 526. The molecule has 3 heteroatoms. The van der Waals surface area contributed by atoms with Crippen molar-refractivity contribution in [2.45, 2.75) is 18.2 Å². The van der Waals surface area contributed by atoms with Gasteiger partial charge in [0.15, 0.2) is 0 Å². The monoisotopic (exact) mass is 334 g/mol. The molecule has 2 rings (SSSR count). The van der Waals surface area contributed by atoms with Crippen LogP contribution in [-0.2, 0) is 11.8 Å². The predicted molar refractivity (Wildman–Crippen MR) is 85.9 cm³/mol. The second-order valence-electron chi connectivity index (χ2n) is 4.54. The third-order valence-electron chi connectivity index (χ3n) is 3.12. The zero-order chi connectivity index (χ0) is 14.2. The van der Waals surface area contributed by atoms with Crippen molar-refractivity contribution in [3.8, 4) is 11.5 Å². The van der Waals surface area contributed by atoms with Gasteiger partial charge in [-0.15, -0.1) is 0 Å². The van der Waals surface area contributed by atoms with E-state index < -0.39 is 0 Å². The minimum atomic E-state index is 0.723. The lowest BCUT2D eigenvalue weighted by Crippen LogP contribution is -2.01. The van der Waals surface area contributed by atoms with Crippen molar-refractivity contribution in [3.05, 3.63) is 59.7 Å². The van der Waals surface area contributed by atoms with E-state index in [4.69, 9.17) is 9.47 Å². The highest BCUT2D eigenvalue weighted by atomic mass is 79.9. The molecule has 2 aromatic rings. The van der Waals surface area contributed by atoms with Crippen molar-refractivity contribution in [2.75, 3.05) is 13.7 Å². The van der Waals surface area contributed by atoms with Crippen LogP contribution in [0.2, 0.25) is 0 Å². The van der Waals surface area contributed by atoms with Gasteiger partial charge in [0.1, 0.15) is 11.5 Å². The fraction of sp³-hybridized carbons (Fsp3) is 0.294. The summed E-state index contributed by atoms with van der Waals surface area (Å²) in [6, 6.07) is 16.4. The van der Waals surface area contributed by atoms with Crippen molar-refractivity contribution in [1.82, 2.24) is 0 Å². The van der Waals surface area contributed by atoms with Crippen LogP contribution in [0.25, 0.3) is 0 Å². The molecule has 0 saturated heterocycles. The third kappa shape index (κ3) is 4.27. The van der Waals surface area contributed by atoms with E-state index in [2.05, 4.69) is 40.2 Å². The quantitative estimate of drug-likeness (QED) is 0.544. The van der Waals surface area contributed by atoms with Crippen LogP contribution in [0.4, 0.5) is 0 Å². The van der Waals surface area contributed by atoms with E-state index >= 15 is 0 Å². The van der Waals surface area contributed by atoms with Crippen LogP contribution in [0, 0.1) is 0 Å². The number of hydrogen-bond donors (Lipinski definition) is 0. The second-order valence-corrected chi connectivity index (χ2v) is 5.11. The molecule has 2 nitrogen and oxygen atoms in total. The molecule has 106 valence electrons. The molecule has 20 heavy (non-hydrogen) atoms. The van der Waals surface area contributed by atoms with Gasteiger partial charge in [-0.2, -0.15) is 0 Å². The van der Waals surface area contributed by atoms with E-state index in [-0.39, 0.29) is 0 Å². The number of alkyl halides is 1. The molecular formula is C17H19BrO2. The van der Waals surface area contributed by atoms with Crippen LogP contribution in [0.5, 0.6) is 11.5 Å². The molecule has 0 spiro atoms. The topological polar surface area (TPSA) is 18.5 Å². The van der Waals surface area contributed by atoms with E-state index in [1.165, 1.54) is 5.56 Å². The van der Waals surface area contributed by atoms with Crippen LogP contribution in [0.3, 0.4) is 0 Å². The third-order valence-corrected chi connectivity index (χ3v) is 3.73. The van der Waals surface area contributed by atoms with Gasteiger partial charge in [-0.25, -0.2) is 0 Å². The number of halogens is 1. The van der Waals surface area contributed by atoms with Gasteiger partial charge in [0.25, 0.3) is 0 Å². The predicted octanol–water partition coefficient (Wildman–Crippen LogP) is 4.60. The highest BCUT2D eigenvalue weighted by Gasteiger charge is 2.04. The van der Waals surface area contributed by atoms with Crippen molar-refractivity contribution in [3.63, 3.8) is 0 Å². The van der Waals surface area contributed by atoms with Gasteiger partial charge in [0, 0.05) is 10.9 Å². The average Bonchev–Trinajstić information content (AvgIpc) is 2.52. The molecule has 0 fully saturated rings. The maximum absolute atomic E-state index is 5.86. The Kier molecular flexibility index (Phi) is 5.93. The van der Waals surface area contributed by atoms with E-state index in [1.54, 1.807) is 7.11 Å². The number of ether oxygens (including phenoxy) is 2. The van der Waals surface area contributed by atoms with Crippen LogP contribution < -0.4 is 9.47 Å². The van der Waals surface area contributed by atoms with Gasteiger partial charge in [-0.05, 0) is 36.6 Å². The molecule has 0 aromatic heterocycles. The Labute approximate surface area is 128 Å². The van der Waals surface area contributed by atoms with E-state index in [9.17, 15) is 0 Å². The van der Waals surface area contributed by atoms with Gasteiger partial charge in [0.2, 0.25) is 0 Å². The van der Waals surface area contributed by atoms with Crippen molar-refractivity contribution < 1.29 is 9.47 Å². The fourth-order valence-corrected chi connectivity index (χ4v) is 2.47. The summed E-state index contributed by atoms with van der Waals surface area (Å²) in [5, 5.41) is 0.762. The van der Waals surface area contributed by atoms with Crippen molar-refractivity contribution >= 4 is 15.9 Å². The van der Waals surface area contributed by atoms with Gasteiger partial charge in [-0.3, -0.25) is 0 Å². The van der Waals surface area contributed by atoms with Gasteiger partial charge in [0.05, 0.1) is 13.7 Å². The number of rotatable bonds is 7. The molecule has 0 heterocycles. The SMILES string of the molecule is COc1ccc(OCCCc2ccccc2)c(CBr)c1. The first-order chi connectivity index (χ1) is 9.83. The summed E-state index contributed by atoms with van der Waals surface area (Å²) in [5.74, 6) is 1.78. The van der Waals surface area contributed by atoms with Gasteiger partial charge < -0.3 is 9.47 Å². The van der Waals surface area contributed by atoms with E-state index in [0.717, 1.165) is 41.8 Å². The van der Waals surface area contributed by atoms with Gasteiger partial charge in [-0.1, -0.05) is 46.3 Å². The standard InChI is InChI=1S/C17H19BrO2/c1-19-16-9-10-17(15(12-16)13-18)20-11-5-8-14-6-3-2-4-7-14/h2-4,6-7,9-10,12H,5,8,11,13H2,1H3. The van der Waals surface area contributed by atoms with E-state index in [1.807, 2.05) is 24.3 Å². The summed E-state index contributed by atoms with van der Waals surface area (Å²) in [4.78, 5) is 0. The summed E-state index contributed by atoms with van der Waals surface area (Å²) in [6.07, 6.45) is 2.05. The Hall–Kier alpha value is -1.48. The summed E-state index contributed by atoms with van der Waals surface area (Å²) in [5.41, 5.74) is 2.47. The van der Waals surface area contributed by atoms with Crippen molar-refractivity contribution in [1.29, 1.82) is 0 Å². The molecular weight excluding hydrogens is 316 g/mol. The second kappa shape index (κ2) is 7.95. The molecule has 0 saturated carbocycles. The van der Waals surface area contributed by atoms with Crippen LogP contribution in [0.1, 0.15) is 17.5 Å². The minimum Gasteiger partial charge on any atom is -0.497 e. The molecule has 0 aliphatic carbocycles. The zero-order valence-electron chi connectivity index (χ0n) is 11.6. The summed E-state index contributed by atoms with van der Waals surface area (Å²) < 4.78 is 11.1. The Morgan fingerprint density at radius 2 is 1.85 bits per heavy atom. The minimum absolute atomic E-state index is 0.723. The zero-order valence-corrected chi connectivity index (χ0v) is 13.2. The molecule has 0 atom stereocenters. The maximum Gasteiger partial charge on any atom is 0.123 e. The number of aryl methyl sites for hydroxylation is 1. The normalized spacial score (nSPS) is 10.3. The lowest BCUT2D eigenvalue weighted by molar-refractivity contribution is 0.308. The summed E-state index contributed by atoms with van der Waals surface area (Å²) in [6.45, 7) is 0.723. The number of benzene rings is 2. The largest absolute Gasteiger partial charge is 0.497 e.